The standard InChI is InChI=1S/C10H17N5O/c1-14-2-4-15(5-3-14)10-12-8(7-11)6-9(16)13-10/h6H,2-5,7,11H2,1H3,(H,12,13,16). The summed E-state index contributed by atoms with van der Waals surface area (Å²) in [6, 6.07) is 1.44. The molecule has 1 aliphatic heterocycles. The molecule has 6 heteroatoms. The van der Waals surface area contributed by atoms with Crippen LogP contribution >= 0.6 is 0 Å². The number of anilines is 1. The van der Waals surface area contributed by atoms with Crippen LogP contribution in [0, 0.1) is 0 Å². The number of hydrogen-bond donors (Lipinski definition) is 2. The zero-order chi connectivity index (χ0) is 11.5. The lowest BCUT2D eigenvalue weighted by Crippen LogP contribution is -2.45. The van der Waals surface area contributed by atoms with Crippen molar-refractivity contribution in [1.82, 2.24) is 14.9 Å². The van der Waals surface area contributed by atoms with E-state index in [4.69, 9.17) is 5.73 Å². The fourth-order valence-corrected chi connectivity index (χ4v) is 1.77. The van der Waals surface area contributed by atoms with E-state index in [0.717, 1.165) is 26.2 Å². The first-order valence-electron chi connectivity index (χ1n) is 5.43. The predicted molar refractivity (Wildman–Crippen MR) is 62.5 cm³/mol. The predicted octanol–water partition coefficient (Wildman–Crippen LogP) is -1.02. The van der Waals surface area contributed by atoms with Gasteiger partial charge in [-0.25, -0.2) is 4.98 Å². The third kappa shape index (κ3) is 2.40. The van der Waals surface area contributed by atoms with Crippen molar-refractivity contribution in [2.24, 2.45) is 5.73 Å². The maximum Gasteiger partial charge on any atom is 0.252 e. The first kappa shape index (κ1) is 11.1. The van der Waals surface area contributed by atoms with Crippen molar-refractivity contribution in [2.75, 3.05) is 38.1 Å². The van der Waals surface area contributed by atoms with Crippen LogP contribution in [-0.2, 0) is 6.54 Å². The van der Waals surface area contributed by atoms with Crippen LogP contribution in [0.1, 0.15) is 5.69 Å². The number of aromatic nitrogens is 2. The lowest BCUT2D eigenvalue weighted by atomic mass is 10.3. The van der Waals surface area contributed by atoms with Crippen LogP contribution in [-0.4, -0.2) is 48.1 Å². The van der Waals surface area contributed by atoms with Crippen molar-refractivity contribution < 1.29 is 0 Å². The number of hydrogen-bond acceptors (Lipinski definition) is 5. The van der Waals surface area contributed by atoms with Crippen LogP contribution in [0.15, 0.2) is 10.9 Å². The Morgan fingerprint density at radius 2 is 2.12 bits per heavy atom. The Labute approximate surface area is 94.1 Å². The van der Waals surface area contributed by atoms with Gasteiger partial charge in [0.05, 0.1) is 5.69 Å². The Bertz CT molecular complexity index is 408. The zero-order valence-corrected chi connectivity index (χ0v) is 9.44. The first-order valence-corrected chi connectivity index (χ1v) is 5.43. The number of piperazine rings is 1. The number of H-pyrrole nitrogens is 1. The molecule has 2 heterocycles. The van der Waals surface area contributed by atoms with Gasteiger partial charge >= 0.3 is 0 Å². The van der Waals surface area contributed by atoms with Gasteiger partial charge in [-0.1, -0.05) is 0 Å². The van der Waals surface area contributed by atoms with E-state index in [1.165, 1.54) is 6.07 Å². The van der Waals surface area contributed by atoms with Crippen LogP contribution in [0.3, 0.4) is 0 Å². The molecule has 6 nitrogen and oxygen atoms in total. The van der Waals surface area contributed by atoms with Gasteiger partial charge in [-0.05, 0) is 7.05 Å². The van der Waals surface area contributed by atoms with E-state index >= 15 is 0 Å². The van der Waals surface area contributed by atoms with E-state index in [1.807, 2.05) is 0 Å². The highest BCUT2D eigenvalue weighted by atomic mass is 16.1. The number of rotatable bonds is 2. The second-order valence-electron chi connectivity index (χ2n) is 4.05. The van der Waals surface area contributed by atoms with Gasteiger partial charge < -0.3 is 15.5 Å². The fourth-order valence-electron chi connectivity index (χ4n) is 1.77. The summed E-state index contributed by atoms with van der Waals surface area (Å²) in [6.45, 7) is 4.03. The maximum atomic E-state index is 11.4. The summed E-state index contributed by atoms with van der Waals surface area (Å²) < 4.78 is 0. The molecule has 88 valence electrons. The van der Waals surface area contributed by atoms with Gasteiger partial charge in [0, 0.05) is 38.8 Å². The summed E-state index contributed by atoms with van der Waals surface area (Å²) in [6.07, 6.45) is 0. The lowest BCUT2D eigenvalue weighted by molar-refractivity contribution is 0.311. The molecule has 0 aliphatic carbocycles. The van der Waals surface area contributed by atoms with Gasteiger partial charge in [0.2, 0.25) is 5.95 Å². The summed E-state index contributed by atoms with van der Waals surface area (Å²) >= 11 is 0. The number of likely N-dealkylation sites (N-methyl/N-ethyl adjacent to an activating group) is 1. The molecular weight excluding hydrogens is 206 g/mol. The van der Waals surface area contributed by atoms with Crippen molar-refractivity contribution in [1.29, 1.82) is 0 Å². The highest BCUT2D eigenvalue weighted by molar-refractivity contribution is 5.31. The van der Waals surface area contributed by atoms with Gasteiger partial charge in [0.15, 0.2) is 0 Å². The smallest absolute Gasteiger partial charge is 0.252 e. The van der Waals surface area contributed by atoms with Gasteiger partial charge in [-0.2, -0.15) is 0 Å². The Morgan fingerprint density at radius 3 is 2.75 bits per heavy atom. The highest BCUT2D eigenvalue weighted by Crippen LogP contribution is 2.08. The van der Waals surface area contributed by atoms with Gasteiger partial charge in [-0.15, -0.1) is 0 Å². The summed E-state index contributed by atoms with van der Waals surface area (Å²) in [5, 5.41) is 0. The Balaban J connectivity index is 2.20. The van der Waals surface area contributed by atoms with Crippen molar-refractivity contribution in [3.8, 4) is 0 Å². The molecule has 1 aromatic heterocycles. The summed E-state index contributed by atoms with van der Waals surface area (Å²) in [7, 11) is 2.09. The molecule has 0 atom stereocenters. The number of nitrogens with zero attached hydrogens (tertiary/aromatic N) is 3. The monoisotopic (exact) mass is 223 g/mol. The minimum absolute atomic E-state index is 0.135. The van der Waals surface area contributed by atoms with E-state index in [0.29, 0.717) is 18.2 Å². The van der Waals surface area contributed by atoms with Gasteiger partial charge in [-0.3, -0.25) is 9.78 Å². The Kier molecular flexibility index (Phi) is 3.21. The quantitative estimate of drug-likeness (QED) is 0.671. The molecule has 3 N–H and O–H groups in total. The van der Waals surface area contributed by atoms with E-state index < -0.39 is 0 Å². The van der Waals surface area contributed by atoms with E-state index in [9.17, 15) is 4.79 Å². The molecule has 0 bridgehead atoms. The minimum Gasteiger partial charge on any atom is -0.340 e. The fraction of sp³-hybridized carbons (Fsp3) is 0.600. The average molecular weight is 223 g/mol. The summed E-state index contributed by atoms with van der Waals surface area (Å²) in [5.74, 6) is 0.640. The summed E-state index contributed by atoms with van der Waals surface area (Å²) in [4.78, 5) is 22.8. The minimum atomic E-state index is -0.135. The van der Waals surface area contributed by atoms with Crippen molar-refractivity contribution >= 4 is 5.95 Å². The second-order valence-corrected chi connectivity index (χ2v) is 4.05. The molecule has 1 aromatic rings. The van der Waals surface area contributed by atoms with Crippen LogP contribution < -0.4 is 16.2 Å². The number of nitrogens with one attached hydrogen (secondary N) is 1. The van der Waals surface area contributed by atoms with Gasteiger partial charge in [0.25, 0.3) is 5.56 Å². The van der Waals surface area contributed by atoms with Crippen LogP contribution in [0.5, 0.6) is 0 Å². The SMILES string of the molecule is CN1CCN(c2nc(CN)cc(=O)[nH]2)CC1. The Morgan fingerprint density at radius 1 is 1.44 bits per heavy atom. The van der Waals surface area contributed by atoms with E-state index in [-0.39, 0.29) is 5.56 Å². The molecule has 2 rings (SSSR count). The van der Waals surface area contributed by atoms with Crippen LogP contribution in [0.2, 0.25) is 0 Å². The number of aromatic amines is 1. The maximum absolute atomic E-state index is 11.4. The highest BCUT2D eigenvalue weighted by Gasteiger charge is 2.16. The van der Waals surface area contributed by atoms with E-state index in [1.54, 1.807) is 0 Å². The third-order valence-corrected chi connectivity index (χ3v) is 2.79. The third-order valence-electron chi connectivity index (χ3n) is 2.79. The van der Waals surface area contributed by atoms with Crippen LogP contribution in [0.25, 0.3) is 0 Å². The molecule has 0 aromatic carbocycles. The topological polar surface area (TPSA) is 78.2 Å². The molecule has 0 saturated carbocycles. The lowest BCUT2D eigenvalue weighted by Gasteiger charge is -2.32. The Hall–Kier alpha value is -1.40. The first-order chi connectivity index (χ1) is 7.69. The molecule has 1 fully saturated rings. The van der Waals surface area contributed by atoms with Crippen LogP contribution in [0.4, 0.5) is 5.95 Å². The molecular formula is C10H17N5O. The largest absolute Gasteiger partial charge is 0.340 e. The normalized spacial score (nSPS) is 17.8. The van der Waals surface area contributed by atoms with Crippen molar-refractivity contribution in [2.45, 2.75) is 6.54 Å². The molecule has 0 unspecified atom stereocenters. The zero-order valence-electron chi connectivity index (χ0n) is 9.44. The van der Waals surface area contributed by atoms with Crippen molar-refractivity contribution in [3.63, 3.8) is 0 Å². The van der Waals surface area contributed by atoms with E-state index in [2.05, 4.69) is 26.8 Å². The summed E-state index contributed by atoms with van der Waals surface area (Å²) in [5.41, 5.74) is 6.00. The molecule has 1 aliphatic rings. The molecule has 1 saturated heterocycles. The van der Waals surface area contributed by atoms with Gasteiger partial charge in [0.1, 0.15) is 0 Å². The average Bonchev–Trinajstić information content (AvgIpc) is 2.29. The molecule has 0 radical (unpaired) electrons. The molecule has 16 heavy (non-hydrogen) atoms. The molecule has 0 amide bonds. The molecule has 0 spiro atoms. The number of nitrogens with two attached hydrogens (primary N) is 1. The van der Waals surface area contributed by atoms with Crippen molar-refractivity contribution in [3.05, 3.63) is 22.1 Å². The second kappa shape index (κ2) is 4.63.